The molecule has 124 valence electrons. The first-order valence-electron chi connectivity index (χ1n) is 7.68. The lowest BCUT2D eigenvalue weighted by Gasteiger charge is -2.33. The summed E-state index contributed by atoms with van der Waals surface area (Å²) >= 11 is 6.17. The first-order chi connectivity index (χ1) is 11.1. The number of benzene rings is 1. The summed E-state index contributed by atoms with van der Waals surface area (Å²) in [7, 11) is 4.10. The van der Waals surface area contributed by atoms with Gasteiger partial charge in [-0.3, -0.25) is 4.90 Å². The minimum Gasteiger partial charge on any atom is -0.419 e. The largest absolute Gasteiger partial charge is 0.419 e. The highest BCUT2D eigenvalue weighted by Crippen LogP contribution is 2.26. The predicted octanol–water partition coefficient (Wildman–Crippen LogP) is 2.15. The number of likely N-dealkylation sites (N-methyl/N-ethyl adjacent to an activating group) is 1. The lowest BCUT2D eigenvalue weighted by atomic mass is 10.2. The van der Waals surface area contributed by atoms with Gasteiger partial charge in [-0.1, -0.05) is 23.7 Å². The maximum absolute atomic E-state index is 6.17. The molecule has 1 aromatic heterocycles. The molecular weight excluding hydrogens is 316 g/mol. The molecule has 0 bridgehead atoms. The van der Waals surface area contributed by atoms with Crippen LogP contribution < -0.4 is 0 Å². The van der Waals surface area contributed by atoms with Gasteiger partial charge in [0.1, 0.15) is 0 Å². The van der Waals surface area contributed by atoms with Gasteiger partial charge in [0.15, 0.2) is 0 Å². The summed E-state index contributed by atoms with van der Waals surface area (Å²) in [5.74, 6) is 1.06. The van der Waals surface area contributed by atoms with E-state index in [2.05, 4.69) is 34.1 Å². The van der Waals surface area contributed by atoms with Crippen LogP contribution in [0.15, 0.2) is 28.7 Å². The highest BCUT2D eigenvalue weighted by molar-refractivity contribution is 6.33. The zero-order valence-electron chi connectivity index (χ0n) is 13.4. The van der Waals surface area contributed by atoms with Crippen molar-refractivity contribution in [2.45, 2.75) is 12.6 Å². The van der Waals surface area contributed by atoms with Crippen molar-refractivity contribution in [2.75, 3.05) is 40.3 Å². The van der Waals surface area contributed by atoms with Crippen LogP contribution in [0.4, 0.5) is 0 Å². The van der Waals surface area contributed by atoms with Crippen molar-refractivity contribution >= 4 is 11.6 Å². The minimum atomic E-state index is 0.213. The van der Waals surface area contributed by atoms with Gasteiger partial charge in [0.05, 0.1) is 29.8 Å². The lowest BCUT2D eigenvalue weighted by Crippen LogP contribution is -2.46. The van der Waals surface area contributed by atoms with E-state index in [9.17, 15) is 0 Å². The lowest BCUT2D eigenvalue weighted by molar-refractivity contribution is -0.0426. The SMILES string of the molecule is CN(C)C[C@@H]1CN(Cc2nnc(-c3ccccc3Cl)o2)CCO1. The Hall–Kier alpha value is -1.47. The fourth-order valence-corrected chi connectivity index (χ4v) is 2.91. The molecule has 0 amide bonds. The van der Waals surface area contributed by atoms with Crippen LogP contribution in [0.5, 0.6) is 0 Å². The van der Waals surface area contributed by atoms with Crippen molar-refractivity contribution < 1.29 is 9.15 Å². The van der Waals surface area contributed by atoms with Crippen molar-refractivity contribution in [1.82, 2.24) is 20.0 Å². The number of morpholine rings is 1. The van der Waals surface area contributed by atoms with E-state index in [4.69, 9.17) is 20.8 Å². The molecule has 0 spiro atoms. The van der Waals surface area contributed by atoms with Crippen LogP contribution in [0, 0.1) is 0 Å². The van der Waals surface area contributed by atoms with E-state index in [1.165, 1.54) is 0 Å². The summed E-state index contributed by atoms with van der Waals surface area (Å²) in [6.07, 6.45) is 0.213. The van der Waals surface area contributed by atoms with Gasteiger partial charge in [-0.2, -0.15) is 0 Å². The molecule has 1 fully saturated rings. The predicted molar refractivity (Wildman–Crippen MR) is 88.3 cm³/mol. The van der Waals surface area contributed by atoms with Crippen LogP contribution in [0.3, 0.4) is 0 Å². The Kier molecular flexibility index (Phi) is 5.27. The highest BCUT2D eigenvalue weighted by Gasteiger charge is 2.23. The van der Waals surface area contributed by atoms with Gasteiger partial charge in [-0.05, 0) is 26.2 Å². The van der Waals surface area contributed by atoms with Gasteiger partial charge in [0, 0.05) is 19.6 Å². The average Bonchev–Trinajstić information content (AvgIpc) is 2.95. The van der Waals surface area contributed by atoms with E-state index in [-0.39, 0.29) is 6.10 Å². The second-order valence-corrected chi connectivity index (χ2v) is 6.38. The van der Waals surface area contributed by atoms with Gasteiger partial charge in [0.25, 0.3) is 0 Å². The molecule has 0 saturated carbocycles. The second kappa shape index (κ2) is 7.40. The third-order valence-electron chi connectivity index (χ3n) is 3.72. The average molecular weight is 337 g/mol. The number of nitrogens with zero attached hydrogens (tertiary/aromatic N) is 4. The molecule has 3 rings (SSSR count). The molecular formula is C16H21ClN4O2. The Bertz CT molecular complexity index is 647. The van der Waals surface area contributed by atoms with Crippen LogP contribution >= 0.6 is 11.6 Å². The summed E-state index contributed by atoms with van der Waals surface area (Å²) in [6, 6.07) is 7.47. The molecule has 0 N–H and O–H groups in total. The molecule has 1 atom stereocenters. The third-order valence-corrected chi connectivity index (χ3v) is 4.05. The first-order valence-corrected chi connectivity index (χ1v) is 8.05. The van der Waals surface area contributed by atoms with E-state index in [1.807, 2.05) is 24.3 Å². The van der Waals surface area contributed by atoms with Gasteiger partial charge in [-0.15, -0.1) is 10.2 Å². The molecule has 1 saturated heterocycles. The second-order valence-electron chi connectivity index (χ2n) is 5.97. The quantitative estimate of drug-likeness (QED) is 0.834. The van der Waals surface area contributed by atoms with Gasteiger partial charge in [0.2, 0.25) is 11.8 Å². The summed E-state index contributed by atoms with van der Waals surface area (Å²) in [4.78, 5) is 4.41. The van der Waals surface area contributed by atoms with Crippen LogP contribution in [-0.2, 0) is 11.3 Å². The smallest absolute Gasteiger partial charge is 0.249 e. The van der Waals surface area contributed by atoms with E-state index in [0.29, 0.717) is 23.3 Å². The van der Waals surface area contributed by atoms with Crippen LogP contribution in [0.25, 0.3) is 11.5 Å². The minimum absolute atomic E-state index is 0.213. The van der Waals surface area contributed by atoms with Crippen LogP contribution in [0.2, 0.25) is 5.02 Å². The van der Waals surface area contributed by atoms with Crippen molar-refractivity contribution in [2.24, 2.45) is 0 Å². The van der Waals surface area contributed by atoms with Crippen molar-refractivity contribution in [1.29, 1.82) is 0 Å². The summed E-state index contributed by atoms with van der Waals surface area (Å²) < 4.78 is 11.5. The Morgan fingerprint density at radius 3 is 2.91 bits per heavy atom. The fourth-order valence-electron chi connectivity index (χ4n) is 2.69. The number of hydrogen-bond acceptors (Lipinski definition) is 6. The Balaban J connectivity index is 1.64. The number of halogens is 1. The summed E-state index contributed by atoms with van der Waals surface area (Å²) in [6.45, 7) is 4.00. The van der Waals surface area contributed by atoms with E-state index >= 15 is 0 Å². The first kappa shape index (κ1) is 16.4. The Morgan fingerprint density at radius 2 is 2.13 bits per heavy atom. The maximum atomic E-state index is 6.17. The van der Waals surface area contributed by atoms with Gasteiger partial charge < -0.3 is 14.1 Å². The molecule has 2 heterocycles. The van der Waals surface area contributed by atoms with E-state index in [1.54, 1.807) is 0 Å². The zero-order chi connectivity index (χ0) is 16.2. The van der Waals surface area contributed by atoms with Gasteiger partial charge in [-0.25, -0.2) is 0 Å². The third kappa shape index (κ3) is 4.29. The number of ether oxygens (including phenoxy) is 1. The number of aromatic nitrogens is 2. The maximum Gasteiger partial charge on any atom is 0.249 e. The van der Waals surface area contributed by atoms with Crippen LogP contribution in [0.1, 0.15) is 5.89 Å². The zero-order valence-corrected chi connectivity index (χ0v) is 14.2. The molecule has 6 nitrogen and oxygen atoms in total. The molecule has 2 aromatic rings. The Morgan fingerprint density at radius 1 is 1.30 bits per heavy atom. The molecule has 1 aliphatic heterocycles. The number of hydrogen-bond donors (Lipinski definition) is 0. The van der Waals surface area contributed by atoms with Crippen molar-refractivity contribution in [3.63, 3.8) is 0 Å². The van der Waals surface area contributed by atoms with E-state index < -0.39 is 0 Å². The number of rotatable bonds is 5. The molecule has 7 heteroatoms. The van der Waals surface area contributed by atoms with Crippen molar-refractivity contribution in [3.05, 3.63) is 35.2 Å². The summed E-state index contributed by atoms with van der Waals surface area (Å²) in [5.41, 5.74) is 0.764. The Labute approximate surface area is 141 Å². The normalized spacial score (nSPS) is 19.4. The van der Waals surface area contributed by atoms with Crippen LogP contribution in [-0.4, -0.2) is 66.4 Å². The molecule has 1 aliphatic rings. The summed E-state index contributed by atoms with van der Waals surface area (Å²) in [5, 5.41) is 8.87. The molecule has 0 radical (unpaired) electrons. The molecule has 0 aliphatic carbocycles. The van der Waals surface area contributed by atoms with Crippen molar-refractivity contribution in [3.8, 4) is 11.5 Å². The topological polar surface area (TPSA) is 54.6 Å². The monoisotopic (exact) mass is 336 g/mol. The standard InChI is InChI=1S/C16H21ClN4O2/c1-20(2)9-12-10-21(7-8-22-12)11-15-18-19-16(23-15)13-5-3-4-6-14(13)17/h3-6,12H,7-11H2,1-2H3/t12-/m1/s1. The molecule has 1 aromatic carbocycles. The highest BCUT2D eigenvalue weighted by atomic mass is 35.5. The molecule has 23 heavy (non-hydrogen) atoms. The fraction of sp³-hybridized carbons (Fsp3) is 0.500. The van der Waals surface area contributed by atoms with E-state index in [0.717, 1.165) is 31.8 Å². The molecule has 0 unspecified atom stereocenters. The van der Waals surface area contributed by atoms with Gasteiger partial charge >= 0.3 is 0 Å².